The maximum Gasteiger partial charge on any atom is 0.233 e. The molecule has 1 amide bonds. The first-order valence-corrected chi connectivity index (χ1v) is 8.41. The van der Waals surface area contributed by atoms with Crippen molar-refractivity contribution in [2.45, 2.75) is 30.4 Å². The number of nitrogens with zero attached hydrogens (tertiary/aromatic N) is 3. The van der Waals surface area contributed by atoms with Crippen LogP contribution in [-0.4, -0.2) is 39.6 Å². The number of carbonyl (C=O) groups excluding carboxylic acids is 1. The topological polar surface area (TPSA) is 69.0 Å². The van der Waals surface area contributed by atoms with Crippen LogP contribution in [0.2, 0.25) is 5.02 Å². The van der Waals surface area contributed by atoms with Crippen LogP contribution in [0.3, 0.4) is 0 Å². The van der Waals surface area contributed by atoms with Crippen molar-refractivity contribution in [2.75, 3.05) is 13.7 Å². The highest BCUT2D eigenvalue weighted by atomic mass is 35.5. The number of halogens is 1. The Labute approximate surface area is 144 Å². The molecular formula is C15H19ClN4O2S. The van der Waals surface area contributed by atoms with Crippen LogP contribution in [-0.2, 0) is 22.6 Å². The molecule has 124 valence electrons. The first-order chi connectivity index (χ1) is 11.1. The number of amides is 1. The van der Waals surface area contributed by atoms with Gasteiger partial charge in [0.2, 0.25) is 5.91 Å². The summed E-state index contributed by atoms with van der Waals surface area (Å²) in [6.07, 6.45) is 1.64. The van der Waals surface area contributed by atoms with E-state index in [4.69, 9.17) is 16.3 Å². The maximum absolute atomic E-state index is 12.2. The zero-order valence-corrected chi connectivity index (χ0v) is 14.6. The summed E-state index contributed by atoms with van der Waals surface area (Å²) in [7, 11) is 1.64. The number of methoxy groups -OCH3 is 1. The third-order valence-corrected chi connectivity index (χ3v) is 4.49. The van der Waals surface area contributed by atoms with Crippen LogP contribution >= 0.6 is 23.4 Å². The van der Waals surface area contributed by atoms with E-state index in [1.807, 2.05) is 23.6 Å². The van der Waals surface area contributed by atoms with Crippen molar-refractivity contribution < 1.29 is 9.53 Å². The summed E-state index contributed by atoms with van der Waals surface area (Å²) in [6, 6.07) is 7.39. The molecule has 23 heavy (non-hydrogen) atoms. The number of rotatable bonds is 8. The average Bonchev–Trinajstić information content (AvgIpc) is 2.99. The van der Waals surface area contributed by atoms with Gasteiger partial charge in [0.25, 0.3) is 0 Å². The van der Waals surface area contributed by atoms with Crippen LogP contribution in [0.25, 0.3) is 0 Å². The van der Waals surface area contributed by atoms with Gasteiger partial charge in [0.05, 0.1) is 11.9 Å². The van der Waals surface area contributed by atoms with Gasteiger partial charge in [-0.2, -0.15) is 0 Å². The zero-order valence-electron chi connectivity index (χ0n) is 13.0. The molecule has 1 aromatic heterocycles. The molecule has 0 aliphatic carbocycles. The minimum absolute atomic E-state index is 0.0498. The number of ether oxygens (including phenoxy) is 1. The van der Waals surface area contributed by atoms with Crippen LogP contribution in [0.1, 0.15) is 12.5 Å². The van der Waals surface area contributed by atoms with Gasteiger partial charge in [-0.1, -0.05) is 35.5 Å². The highest BCUT2D eigenvalue weighted by Gasteiger charge is 2.17. The van der Waals surface area contributed by atoms with Crippen LogP contribution < -0.4 is 5.32 Å². The first kappa shape index (κ1) is 17.8. The van der Waals surface area contributed by atoms with Crippen molar-refractivity contribution >= 4 is 29.3 Å². The minimum atomic E-state index is -0.271. The Morgan fingerprint density at radius 1 is 1.43 bits per heavy atom. The first-order valence-electron chi connectivity index (χ1n) is 7.15. The SMILES string of the molecule is COCCn1cnnc1SC(C)C(=O)NCc1ccc(Cl)cc1. The molecule has 1 unspecified atom stereocenters. The second kappa shape index (κ2) is 8.90. The molecule has 1 N–H and O–H groups in total. The Hall–Kier alpha value is -1.57. The summed E-state index contributed by atoms with van der Waals surface area (Å²) < 4.78 is 6.92. The van der Waals surface area contributed by atoms with Gasteiger partial charge in [0.1, 0.15) is 6.33 Å². The second-order valence-corrected chi connectivity index (χ2v) is 6.65. The zero-order chi connectivity index (χ0) is 16.7. The molecule has 0 aliphatic rings. The van der Waals surface area contributed by atoms with Gasteiger partial charge in [-0.05, 0) is 24.6 Å². The van der Waals surface area contributed by atoms with E-state index >= 15 is 0 Å². The number of hydrogen-bond acceptors (Lipinski definition) is 5. The molecule has 2 aromatic rings. The fourth-order valence-electron chi connectivity index (χ4n) is 1.83. The van der Waals surface area contributed by atoms with Crippen molar-refractivity contribution in [2.24, 2.45) is 0 Å². The van der Waals surface area contributed by atoms with E-state index in [9.17, 15) is 4.79 Å². The number of benzene rings is 1. The molecule has 1 atom stereocenters. The standard InChI is InChI=1S/C15H19ClN4O2S/c1-11(23-15-19-18-10-20(15)7-8-22-2)14(21)17-9-12-3-5-13(16)6-4-12/h3-6,10-11H,7-9H2,1-2H3,(H,17,21). The van der Waals surface area contributed by atoms with E-state index in [1.54, 1.807) is 25.6 Å². The number of thioether (sulfide) groups is 1. The van der Waals surface area contributed by atoms with Gasteiger partial charge in [-0.25, -0.2) is 0 Å². The van der Waals surface area contributed by atoms with Gasteiger partial charge in [0.15, 0.2) is 5.16 Å². The Morgan fingerprint density at radius 3 is 2.87 bits per heavy atom. The smallest absolute Gasteiger partial charge is 0.233 e. The third kappa shape index (κ3) is 5.53. The van der Waals surface area contributed by atoms with Gasteiger partial charge in [-0.3, -0.25) is 4.79 Å². The lowest BCUT2D eigenvalue weighted by atomic mass is 10.2. The number of hydrogen-bond donors (Lipinski definition) is 1. The third-order valence-electron chi connectivity index (χ3n) is 3.15. The molecule has 0 saturated heterocycles. The largest absolute Gasteiger partial charge is 0.383 e. The summed E-state index contributed by atoms with van der Waals surface area (Å²) in [5.41, 5.74) is 1.00. The number of carbonyl (C=O) groups is 1. The molecule has 6 nitrogen and oxygen atoms in total. The average molecular weight is 355 g/mol. The van der Waals surface area contributed by atoms with Gasteiger partial charge >= 0.3 is 0 Å². The molecule has 1 aromatic carbocycles. The van der Waals surface area contributed by atoms with Crippen LogP contribution in [0.5, 0.6) is 0 Å². The van der Waals surface area contributed by atoms with Crippen molar-refractivity contribution in [1.82, 2.24) is 20.1 Å². The van der Waals surface area contributed by atoms with Gasteiger partial charge < -0.3 is 14.6 Å². The summed E-state index contributed by atoms with van der Waals surface area (Å²) in [6.45, 7) is 3.54. The predicted octanol–water partition coefficient (Wildman–Crippen LogP) is 2.37. The van der Waals surface area contributed by atoms with E-state index in [-0.39, 0.29) is 11.2 Å². The number of nitrogens with one attached hydrogen (secondary N) is 1. The van der Waals surface area contributed by atoms with E-state index < -0.39 is 0 Å². The van der Waals surface area contributed by atoms with Crippen molar-refractivity contribution in [1.29, 1.82) is 0 Å². The van der Waals surface area contributed by atoms with Crippen molar-refractivity contribution in [3.8, 4) is 0 Å². The highest BCUT2D eigenvalue weighted by molar-refractivity contribution is 8.00. The molecule has 8 heteroatoms. The molecule has 0 bridgehead atoms. The van der Waals surface area contributed by atoms with Crippen LogP contribution in [0.15, 0.2) is 35.7 Å². The van der Waals surface area contributed by atoms with Crippen molar-refractivity contribution in [3.05, 3.63) is 41.2 Å². The molecule has 0 aliphatic heterocycles. The molecular weight excluding hydrogens is 336 g/mol. The summed E-state index contributed by atoms with van der Waals surface area (Å²) in [5, 5.41) is 11.9. The predicted molar refractivity (Wildman–Crippen MR) is 90.5 cm³/mol. The second-order valence-electron chi connectivity index (χ2n) is 4.90. The van der Waals surface area contributed by atoms with E-state index in [0.717, 1.165) is 5.56 Å². The normalized spacial score (nSPS) is 12.1. The molecule has 2 rings (SSSR count). The fraction of sp³-hybridized carbons (Fsp3) is 0.400. The Morgan fingerprint density at radius 2 is 2.17 bits per heavy atom. The number of aromatic nitrogens is 3. The summed E-state index contributed by atoms with van der Waals surface area (Å²) >= 11 is 7.21. The maximum atomic E-state index is 12.2. The fourth-order valence-corrected chi connectivity index (χ4v) is 2.83. The Balaban J connectivity index is 1.85. The minimum Gasteiger partial charge on any atom is -0.383 e. The molecule has 0 radical (unpaired) electrons. The molecule has 1 heterocycles. The van der Waals surface area contributed by atoms with Gasteiger partial charge in [0, 0.05) is 25.2 Å². The van der Waals surface area contributed by atoms with Crippen LogP contribution in [0, 0.1) is 0 Å². The van der Waals surface area contributed by atoms with Crippen LogP contribution in [0.4, 0.5) is 0 Å². The molecule has 0 saturated carbocycles. The lowest BCUT2D eigenvalue weighted by Crippen LogP contribution is -2.30. The van der Waals surface area contributed by atoms with E-state index in [1.165, 1.54) is 11.8 Å². The van der Waals surface area contributed by atoms with Gasteiger partial charge in [-0.15, -0.1) is 10.2 Å². The van der Waals surface area contributed by atoms with E-state index in [2.05, 4.69) is 15.5 Å². The highest BCUT2D eigenvalue weighted by Crippen LogP contribution is 2.21. The van der Waals surface area contributed by atoms with Crippen molar-refractivity contribution in [3.63, 3.8) is 0 Å². The molecule has 0 fully saturated rings. The Bertz CT molecular complexity index is 633. The van der Waals surface area contributed by atoms with E-state index in [0.29, 0.717) is 29.9 Å². The Kier molecular flexibility index (Phi) is 6.88. The summed E-state index contributed by atoms with van der Waals surface area (Å²) in [5.74, 6) is -0.0498. The summed E-state index contributed by atoms with van der Waals surface area (Å²) in [4.78, 5) is 12.2. The lowest BCUT2D eigenvalue weighted by Gasteiger charge is -2.12. The monoisotopic (exact) mass is 354 g/mol. The molecule has 0 spiro atoms. The lowest BCUT2D eigenvalue weighted by molar-refractivity contribution is -0.120. The quantitative estimate of drug-likeness (QED) is 0.737.